The number of hydrogen-bond acceptors (Lipinski definition) is 4. The number of aromatic nitrogens is 1. The second kappa shape index (κ2) is 5.79. The maximum absolute atomic E-state index is 12.3. The number of benzene rings is 1. The lowest BCUT2D eigenvalue weighted by Crippen LogP contribution is -2.39. The van der Waals surface area contributed by atoms with E-state index in [4.69, 9.17) is 4.42 Å². The Morgan fingerprint density at radius 1 is 1.18 bits per heavy atom. The maximum Gasteiger partial charge on any atom is 0.420 e. The zero-order valence-corrected chi connectivity index (χ0v) is 12.5. The van der Waals surface area contributed by atoms with Crippen LogP contribution >= 0.6 is 0 Å². The monoisotopic (exact) mass is 302 g/mol. The van der Waals surface area contributed by atoms with Crippen LogP contribution in [0, 0.1) is 0 Å². The molecule has 0 aliphatic carbocycles. The van der Waals surface area contributed by atoms with Crippen molar-refractivity contribution in [3.05, 3.63) is 34.3 Å². The molecule has 3 rings (SSSR count). The van der Waals surface area contributed by atoms with Crippen molar-refractivity contribution >= 4 is 22.8 Å². The predicted octanol–water partition coefficient (Wildman–Crippen LogP) is 1.81. The first-order chi connectivity index (χ1) is 10.6. The molecule has 0 spiro atoms. The van der Waals surface area contributed by atoms with Crippen LogP contribution in [-0.2, 0) is 11.3 Å². The minimum Gasteiger partial charge on any atom is -0.408 e. The van der Waals surface area contributed by atoms with Crippen LogP contribution in [0.5, 0.6) is 0 Å². The van der Waals surface area contributed by atoms with Crippen LogP contribution in [0.1, 0.15) is 36.5 Å². The Labute approximate surface area is 127 Å². The highest BCUT2D eigenvalue weighted by atomic mass is 16.4. The third kappa shape index (κ3) is 2.68. The summed E-state index contributed by atoms with van der Waals surface area (Å²) < 4.78 is 6.49. The van der Waals surface area contributed by atoms with E-state index in [1.165, 1.54) is 11.5 Å². The molecule has 1 aromatic heterocycles. The van der Waals surface area contributed by atoms with E-state index in [1.54, 1.807) is 23.1 Å². The summed E-state index contributed by atoms with van der Waals surface area (Å²) in [5.74, 6) is -0.733. The van der Waals surface area contributed by atoms with Crippen molar-refractivity contribution in [1.82, 2.24) is 9.47 Å². The van der Waals surface area contributed by atoms with Gasteiger partial charge in [-0.15, -0.1) is 0 Å². The number of amides is 1. The zero-order valence-electron chi connectivity index (χ0n) is 12.5. The number of piperidine rings is 1. The van der Waals surface area contributed by atoms with Crippen LogP contribution in [0.3, 0.4) is 0 Å². The van der Waals surface area contributed by atoms with Crippen molar-refractivity contribution in [1.29, 1.82) is 0 Å². The molecule has 2 aromatic rings. The predicted molar refractivity (Wildman–Crippen MR) is 80.9 cm³/mol. The molecule has 0 bridgehead atoms. The maximum atomic E-state index is 12.3. The summed E-state index contributed by atoms with van der Waals surface area (Å²) in [4.78, 5) is 37.5. The van der Waals surface area contributed by atoms with E-state index in [2.05, 4.69) is 0 Å². The molecular weight excluding hydrogens is 284 g/mol. The third-order valence-corrected chi connectivity index (χ3v) is 4.08. The van der Waals surface area contributed by atoms with E-state index in [-0.39, 0.29) is 18.2 Å². The van der Waals surface area contributed by atoms with Crippen molar-refractivity contribution in [2.24, 2.45) is 0 Å². The molecule has 2 heterocycles. The molecule has 1 aliphatic rings. The zero-order chi connectivity index (χ0) is 15.7. The fourth-order valence-electron chi connectivity index (χ4n) is 2.81. The molecule has 1 saturated heterocycles. The Balaban J connectivity index is 1.90. The third-order valence-electron chi connectivity index (χ3n) is 4.08. The molecule has 116 valence electrons. The molecule has 1 aliphatic heterocycles. The van der Waals surface area contributed by atoms with Crippen molar-refractivity contribution in [2.75, 3.05) is 13.1 Å². The number of nitrogens with zero attached hydrogens (tertiary/aromatic N) is 2. The molecule has 0 atom stereocenters. The molecule has 0 unspecified atom stereocenters. The Bertz CT molecular complexity index is 781. The quantitative estimate of drug-likeness (QED) is 0.811. The number of Topliss-reactive ketones (excluding diaryl/α,β-unsaturated/α-hetero) is 1. The first-order valence-electron chi connectivity index (χ1n) is 7.48. The Hall–Kier alpha value is -2.37. The molecule has 1 aromatic carbocycles. The summed E-state index contributed by atoms with van der Waals surface area (Å²) in [5.41, 5.74) is 1.36. The van der Waals surface area contributed by atoms with E-state index in [0.717, 1.165) is 32.4 Å². The molecule has 1 fully saturated rings. The number of carbonyl (C=O) groups is 2. The van der Waals surface area contributed by atoms with Gasteiger partial charge in [0.25, 0.3) is 0 Å². The van der Waals surface area contributed by atoms with E-state index in [9.17, 15) is 14.4 Å². The van der Waals surface area contributed by atoms with Crippen molar-refractivity contribution < 1.29 is 14.0 Å². The summed E-state index contributed by atoms with van der Waals surface area (Å²) in [6, 6.07) is 4.84. The van der Waals surface area contributed by atoms with E-state index >= 15 is 0 Å². The van der Waals surface area contributed by atoms with Gasteiger partial charge in [0.05, 0.1) is 5.52 Å². The molecule has 0 radical (unpaired) electrons. The number of likely N-dealkylation sites (tertiary alicyclic amines) is 1. The van der Waals surface area contributed by atoms with Crippen LogP contribution in [0.2, 0.25) is 0 Å². The molecule has 6 heteroatoms. The van der Waals surface area contributed by atoms with Gasteiger partial charge in [-0.25, -0.2) is 4.79 Å². The lowest BCUT2D eigenvalue weighted by molar-refractivity contribution is -0.132. The minimum absolute atomic E-state index is 0.0226. The number of carbonyl (C=O) groups excluding carboxylic acids is 2. The van der Waals surface area contributed by atoms with Crippen LogP contribution in [0.15, 0.2) is 27.4 Å². The Morgan fingerprint density at radius 3 is 2.59 bits per heavy atom. The van der Waals surface area contributed by atoms with Crippen LogP contribution in [0.4, 0.5) is 0 Å². The fraction of sp³-hybridized carbons (Fsp3) is 0.438. The number of ketones is 1. The largest absolute Gasteiger partial charge is 0.420 e. The summed E-state index contributed by atoms with van der Waals surface area (Å²) in [6.07, 6.45) is 3.16. The second-order valence-electron chi connectivity index (χ2n) is 5.63. The number of oxazole rings is 1. The summed E-state index contributed by atoms with van der Waals surface area (Å²) in [7, 11) is 0. The number of fused-ring (bicyclic) bond motifs is 1. The van der Waals surface area contributed by atoms with Crippen molar-refractivity contribution in [3.8, 4) is 0 Å². The highest BCUT2D eigenvalue weighted by Gasteiger charge is 2.20. The number of rotatable bonds is 3. The average molecular weight is 302 g/mol. The lowest BCUT2D eigenvalue weighted by atomic mass is 10.1. The van der Waals surface area contributed by atoms with Gasteiger partial charge in [0.2, 0.25) is 5.91 Å². The van der Waals surface area contributed by atoms with Crippen LogP contribution in [-0.4, -0.2) is 34.2 Å². The SMILES string of the molecule is CC(=O)c1ccc2c(c1)oc(=O)n2CC(=O)N1CCCCC1. The van der Waals surface area contributed by atoms with E-state index in [0.29, 0.717) is 16.7 Å². The fourth-order valence-corrected chi connectivity index (χ4v) is 2.81. The lowest BCUT2D eigenvalue weighted by Gasteiger charge is -2.26. The normalized spacial score (nSPS) is 15.2. The first-order valence-corrected chi connectivity index (χ1v) is 7.48. The van der Waals surface area contributed by atoms with Gasteiger partial charge in [-0.05, 0) is 44.4 Å². The van der Waals surface area contributed by atoms with E-state index in [1.807, 2.05) is 0 Å². The van der Waals surface area contributed by atoms with Gasteiger partial charge < -0.3 is 9.32 Å². The van der Waals surface area contributed by atoms with Gasteiger partial charge in [0.15, 0.2) is 11.4 Å². The highest BCUT2D eigenvalue weighted by molar-refractivity contribution is 5.97. The van der Waals surface area contributed by atoms with Gasteiger partial charge in [-0.2, -0.15) is 0 Å². The van der Waals surface area contributed by atoms with Gasteiger partial charge in [0.1, 0.15) is 6.54 Å². The van der Waals surface area contributed by atoms with Crippen molar-refractivity contribution in [3.63, 3.8) is 0 Å². The number of hydrogen-bond donors (Lipinski definition) is 0. The average Bonchev–Trinajstić information content (AvgIpc) is 2.83. The van der Waals surface area contributed by atoms with E-state index < -0.39 is 5.76 Å². The standard InChI is InChI=1S/C16H18N2O4/c1-11(19)12-5-6-13-14(9-12)22-16(21)18(13)10-15(20)17-7-3-2-4-8-17/h5-6,9H,2-4,7-8,10H2,1H3. The Morgan fingerprint density at radius 2 is 1.91 bits per heavy atom. The summed E-state index contributed by atoms with van der Waals surface area (Å²) >= 11 is 0. The topological polar surface area (TPSA) is 72.5 Å². The van der Waals surface area contributed by atoms with Crippen LogP contribution < -0.4 is 5.76 Å². The van der Waals surface area contributed by atoms with Crippen LogP contribution in [0.25, 0.3) is 11.1 Å². The smallest absolute Gasteiger partial charge is 0.408 e. The molecule has 6 nitrogen and oxygen atoms in total. The second-order valence-corrected chi connectivity index (χ2v) is 5.63. The summed E-state index contributed by atoms with van der Waals surface area (Å²) in [5, 5.41) is 0. The van der Waals surface area contributed by atoms with Gasteiger partial charge in [-0.3, -0.25) is 14.2 Å². The van der Waals surface area contributed by atoms with Gasteiger partial charge in [-0.1, -0.05) is 0 Å². The molecule has 22 heavy (non-hydrogen) atoms. The minimum atomic E-state index is -0.568. The molecular formula is C16H18N2O4. The Kier molecular flexibility index (Phi) is 3.83. The molecule has 1 amide bonds. The molecule has 0 saturated carbocycles. The van der Waals surface area contributed by atoms with Gasteiger partial charge in [0, 0.05) is 18.7 Å². The molecule has 0 N–H and O–H groups in total. The first kappa shape index (κ1) is 14.6. The van der Waals surface area contributed by atoms with Crippen molar-refractivity contribution in [2.45, 2.75) is 32.7 Å². The highest BCUT2D eigenvalue weighted by Crippen LogP contribution is 2.16. The van der Waals surface area contributed by atoms with Gasteiger partial charge >= 0.3 is 5.76 Å². The summed E-state index contributed by atoms with van der Waals surface area (Å²) in [6.45, 7) is 2.93.